The minimum Gasteiger partial charge on any atom is -0.396 e. The van der Waals surface area contributed by atoms with E-state index in [0.717, 1.165) is 12.8 Å². The molecule has 3 nitrogen and oxygen atoms in total. The molecule has 0 aliphatic heterocycles. The van der Waals surface area contributed by atoms with Crippen molar-refractivity contribution in [2.24, 2.45) is 5.92 Å². The van der Waals surface area contributed by atoms with E-state index in [2.05, 4.69) is 5.32 Å². The fourth-order valence-corrected chi connectivity index (χ4v) is 1.45. The maximum Gasteiger partial charge on any atom is 0.227 e. The first-order chi connectivity index (χ1) is 7.54. The van der Waals surface area contributed by atoms with Gasteiger partial charge in [-0.25, -0.2) is 4.39 Å². The number of nitrogens with two attached hydrogens (primary N) is 1. The summed E-state index contributed by atoms with van der Waals surface area (Å²) in [4.78, 5) is 11.7. The molecule has 0 fully saturated rings. The van der Waals surface area contributed by atoms with Crippen LogP contribution in [0, 0.1) is 11.7 Å². The maximum atomic E-state index is 12.9. The number of halogens is 1. The third-order valence-corrected chi connectivity index (χ3v) is 2.43. The topological polar surface area (TPSA) is 55.1 Å². The van der Waals surface area contributed by atoms with E-state index in [1.807, 2.05) is 13.8 Å². The van der Waals surface area contributed by atoms with E-state index >= 15 is 0 Å². The summed E-state index contributed by atoms with van der Waals surface area (Å²) in [7, 11) is 0. The summed E-state index contributed by atoms with van der Waals surface area (Å²) in [5.74, 6) is -0.580. The van der Waals surface area contributed by atoms with Gasteiger partial charge in [-0.1, -0.05) is 20.3 Å². The molecule has 1 atom stereocenters. The normalized spacial score (nSPS) is 12.2. The van der Waals surface area contributed by atoms with E-state index in [4.69, 9.17) is 5.73 Å². The van der Waals surface area contributed by atoms with Gasteiger partial charge in [0.15, 0.2) is 0 Å². The number of anilines is 2. The second-order valence-corrected chi connectivity index (χ2v) is 3.92. The fourth-order valence-electron chi connectivity index (χ4n) is 1.45. The van der Waals surface area contributed by atoms with Crippen molar-refractivity contribution < 1.29 is 9.18 Å². The summed E-state index contributed by atoms with van der Waals surface area (Å²) < 4.78 is 12.9. The van der Waals surface area contributed by atoms with Gasteiger partial charge in [0.1, 0.15) is 5.82 Å². The van der Waals surface area contributed by atoms with E-state index in [9.17, 15) is 9.18 Å². The van der Waals surface area contributed by atoms with Crippen molar-refractivity contribution in [1.29, 1.82) is 0 Å². The monoisotopic (exact) mass is 224 g/mol. The largest absolute Gasteiger partial charge is 0.396 e. The predicted octanol–water partition coefficient (Wildman–Crippen LogP) is 2.78. The average molecular weight is 224 g/mol. The molecule has 0 saturated carbocycles. The van der Waals surface area contributed by atoms with Crippen LogP contribution in [-0.4, -0.2) is 5.91 Å². The first-order valence-corrected chi connectivity index (χ1v) is 5.40. The van der Waals surface area contributed by atoms with E-state index in [1.165, 1.54) is 18.2 Å². The Balaban J connectivity index is 2.66. The van der Waals surface area contributed by atoms with Crippen molar-refractivity contribution in [3.05, 3.63) is 24.0 Å². The van der Waals surface area contributed by atoms with Crippen LogP contribution in [0.15, 0.2) is 18.2 Å². The number of benzene rings is 1. The number of hydrogen-bond acceptors (Lipinski definition) is 2. The van der Waals surface area contributed by atoms with Gasteiger partial charge in [0, 0.05) is 11.6 Å². The molecule has 0 radical (unpaired) electrons. The molecule has 3 N–H and O–H groups in total. The standard InChI is InChI=1S/C12H17FN2O/c1-3-4-8(2)12(16)15-9-5-6-10(13)11(14)7-9/h5-8H,3-4,14H2,1-2H3,(H,15,16)/t8-/m0/s1. The Morgan fingerprint density at radius 1 is 1.56 bits per heavy atom. The van der Waals surface area contributed by atoms with Gasteiger partial charge < -0.3 is 11.1 Å². The van der Waals surface area contributed by atoms with Crippen LogP contribution in [0.2, 0.25) is 0 Å². The number of carbonyl (C=O) groups excluding carboxylic acids is 1. The van der Waals surface area contributed by atoms with Crippen molar-refractivity contribution >= 4 is 17.3 Å². The number of amides is 1. The van der Waals surface area contributed by atoms with Crippen molar-refractivity contribution in [3.8, 4) is 0 Å². The quantitative estimate of drug-likeness (QED) is 0.773. The zero-order valence-corrected chi connectivity index (χ0v) is 9.59. The first-order valence-electron chi connectivity index (χ1n) is 5.40. The van der Waals surface area contributed by atoms with E-state index in [-0.39, 0.29) is 17.5 Å². The molecule has 0 saturated heterocycles. The summed E-state index contributed by atoms with van der Waals surface area (Å²) in [6.07, 6.45) is 1.79. The van der Waals surface area contributed by atoms with Gasteiger partial charge in [0.25, 0.3) is 0 Å². The SMILES string of the molecule is CCC[C@H](C)C(=O)Nc1ccc(F)c(N)c1. The number of nitrogen functional groups attached to an aromatic ring is 1. The molecule has 1 rings (SSSR count). The summed E-state index contributed by atoms with van der Waals surface area (Å²) in [6, 6.07) is 4.17. The van der Waals surface area contributed by atoms with Gasteiger partial charge >= 0.3 is 0 Å². The number of carbonyl (C=O) groups is 1. The van der Waals surface area contributed by atoms with Gasteiger partial charge in [-0.3, -0.25) is 4.79 Å². The van der Waals surface area contributed by atoms with Crippen LogP contribution in [0.1, 0.15) is 26.7 Å². The third kappa shape index (κ3) is 3.22. The lowest BCUT2D eigenvalue weighted by Crippen LogP contribution is -2.20. The molecule has 0 aromatic heterocycles. The Hall–Kier alpha value is -1.58. The van der Waals surface area contributed by atoms with Gasteiger partial charge in [-0.15, -0.1) is 0 Å². The van der Waals surface area contributed by atoms with Gasteiger partial charge in [-0.2, -0.15) is 0 Å². The minimum atomic E-state index is -0.473. The van der Waals surface area contributed by atoms with Gasteiger partial charge in [-0.05, 0) is 24.6 Å². The summed E-state index contributed by atoms with van der Waals surface area (Å²) in [5, 5.41) is 2.71. The van der Waals surface area contributed by atoms with Crippen LogP contribution >= 0.6 is 0 Å². The lowest BCUT2D eigenvalue weighted by Gasteiger charge is -2.11. The van der Waals surface area contributed by atoms with E-state index < -0.39 is 5.82 Å². The molecule has 0 aliphatic carbocycles. The molecule has 0 unspecified atom stereocenters. The zero-order valence-electron chi connectivity index (χ0n) is 9.59. The minimum absolute atomic E-state index is 0.0425. The highest BCUT2D eigenvalue weighted by Gasteiger charge is 2.12. The molecule has 4 heteroatoms. The van der Waals surface area contributed by atoms with Crippen molar-refractivity contribution in [2.45, 2.75) is 26.7 Å². The molecule has 0 heterocycles. The summed E-state index contributed by atoms with van der Waals surface area (Å²) in [5.41, 5.74) is 5.98. The Morgan fingerprint density at radius 3 is 2.81 bits per heavy atom. The molecule has 0 aliphatic rings. The highest BCUT2D eigenvalue weighted by Crippen LogP contribution is 2.17. The highest BCUT2D eigenvalue weighted by atomic mass is 19.1. The van der Waals surface area contributed by atoms with Crippen LogP contribution in [0.3, 0.4) is 0 Å². The fraction of sp³-hybridized carbons (Fsp3) is 0.417. The molecule has 88 valence electrons. The van der Waals surface area contributed by atoms with Crippen LogP contribution < -0.4 is 11.1 Å². The second kappa shape index (κ2) is 5.49. The maximum absolute atomic E-state index is 12.9. The lowest BCUT2D eigenvalue weighted by molar-refractivity contribution is -0.119. The van der Waals surface area contributed by atoms with E-state index in [0.29, 0.717) is 5.69 Å². The zero-order chi connectivity index (χ0) is 12.1. The molecule has 16 heavy (non-hydrogen) atoms. The third-order valence-electron chi connectivity index (χ3n) is 2.43. The van der Waals surface area contributed by atoms with Crippen LogP contribution in [0.4, 0.5) is 15.8 Å². The highest BCUT2D eigenvalue weighted by molar-refractivity contribution is 5.92. The number of nitrogens with one attached hydrogen (secondary N) is 1. The second-order valence-electron chi connectivity index (χ2n) is 3.92. The molecule has 1 aromatic rings. The first kappa shape index (κ1) is 12.5. The van der Waals surface area contributed by atoms with Crippen molar-refractivity contribution in [2.75, 3.05) is 11.1 Å². The Labute approximate surface area is 94.8 Å². The Morgan fingerprint density at radius 2 is 2.25 bits per heavy atom. The predicted molar refractivity (Wildman–Crippen MR) is 63.5 cm³/mol. The van der Waals surface area contributed by atoms with Gasteiger partial charge in [0.05, 0.1) is 5.69 Å². The Kier molecular flexibility index (Phi) is 4.28. The Bertz CT molecular complexity index is 379. The molecule has 1 amide bonds. The van der Waals surface area contributed by atoms with Crippen molar-refractivity contribution in [1.82, 2.24) is 0 Å². The summed E-state index contributed by atoms with van der Waals surface area (Å²) >= 11 is 0. The van der Waals surface area contributed by atoms with E-state index in [1.54, 1.807) is 0 Å². The van der Waals surface area contributed by atoms with Crippen LogP contribution in [0.5, 0.6) is 0 Å². The number of hydrogen-bond donors (Lipinski definition) is 2. The summed E-state index contributed by atoms with van der Waals surface area (Å²) in [6.45, 7) is 3.89. The van der Waals surface area contributed by atoms with Crippen LogP contribution in [-0.2, 0) is 4.79 Å². The molecular weight excluding hydrogens is 207 g/mol. The number of rotatable bonds is 4. The lowest BCUT2D eigenvalue weighted by atomic mass is 10.1. The molecular formula is C12H17FN2O. The average Bonchev–Trinajstić information content (AvgIpc) is 2.24. The van der Waals surface area contributed by atoms with Crippen LogP contribution in [0.25, 0.3) is 0 Å². The molecule has 0 spiro atoms. The van der Waals surface area contributed by atoms with Crippen molar-refractivity contribution in [3.63, 3.8) is 0 Å². The van der Waals surface area contributed by atoms with Gasteiger partial charge in [0.2, 0.25) is 5.91 Å². The smallest absolute Gasteiger partial charge is 0.227 e. The molecule has 0 bridgehead atoms. The molecule has 1 aromatic carbocycles.